The lowest BCUT2D eigenvalue weighted by molar-refractivity contribution is -0.187. The first kappa shape index (κ1) is 16.1. The molecule has 3 atom stereocenters. The molecule has 0 aliphatic carbocycles. The number of ether oxygens (including phenoxy) is 1. The average Bonchev–Trinajstić information content (AvgIpc) is 2.44. The number of carbonyl (C=O) groups is 2. The molecule has 3 unspecified atom stereocenters. The number of carboxylic acid groups (broad SMARTS) is 1. The Morgan fingerprint density at radius 2 is 1.65 bits per heavy atom. The van der Waals surface area contributed by atoms with Gasteiger partial charge in [-0.25, -0.2) is 9.59 Å². The number of rotatable bonds is 7. The fraction of sp³-hybridized carbons (Fsp3) is 0.385. The molecule has 0 aliphatic rings. The van der Waals surface area contributed by atoms with Gasteiger partial charge in [0.15, 0.2) is 12.2 Å². The van der Waals surface area contributed by atoms with Gasteiger partial charge in [-0.1, -0.05) is 30.3 Å². The van der Waals surface area contributed by atoms with Crippen LogP contribution in [0.2, 0.25) is 0 Å². The topological polar surface area (TPSA) is 124 Å². The molecule has 1 aromatic carbocycles. The molecular weight excluding hydrogens is 268 g/mol. The number of aryl methyl sites for hydroxylation is 1. The number of hydrogen-bond donors (Lipinski definition) is 4. The Hall–Kier alpha value is -1.96. The molecule has 1 aromatic rings. The van der Waals surface area contributed by atoms with Crippen molar-refractivity contribution in [2.24, 2.45) is 0 Å². The normalized spacial score (nSPS) is 15.2. The predicted octanol–water partition coefficient (Wildman–Crippen LogP) is -0.713. The van der Waals surface area contributed by atoms with Gasteiger partial charge < -0.3 is 25.2 Å². The second-order valence-electron chi connectivity index (χ2n) is 4.14. The third kappa shape index (κ3) is 4.96. The molecule has 20 heavy (non-hydrogen) atoms. The molecule has 0 amide bonds. The third-order valence-electron chi connectivity index (χ3n) is 2.57. The molecule has 0 fully saturated rings. The summed E-state index contributed by atoms with van der Waals surface area (Å²) >= 11 is 0. The van der Waals surface area contributed by atoms with Crippen LogP contribution < -0.4 is 0 Å². The van der Waals surface area contributed by atoms with E-state index < -0.39 is 30.4 Å². The van der Waals surface area contributed by atoms with E-state index >= 15 is 0 Å². The van der Waals surface area contributed by atoms with Gasteiger partial charge in [-0.15, -0.1) is 0 Å². The van der Waals surface area contributed by atoms with Crippen LogP contribution in [0.25, 0.3) is 0 Å². The van der Waals surface area contributed by atoms with Crippen molar-refractivity contribution < 1.29 is 34.8 Å². The van der Waals surface area contributed by atoms with E-state index in [1.807, 2.05) is 30.3 Å². The highest BCUT2D eigenvalue weighted by molar-refractivity contribution is 5.84. The molecule has 1 rings (SSSR count). The number of aliphatic hydroxyl groups excluding tert-OH is 3. The van der Waals surface area contributed by atoms with E-state index in [4.69, 9.17) is 10.2 Å². The van der Waals surface area contributed by atoms with Crippen LogP contribution in [-0.2, 0) is 20.7 Å². The maximum Gasteiger partial charge on any atom is 0.340 e. The molecule has 110 valence electrons. The molecule has 0 bridgehead atoms. The highest BCUT2D eigenvalue weighted by Crippen LogP contribution is 2.07. The quantitative estimate of drug-likeness (QED) is 0.385. The summed E-state index contributed by atoms with van der Waals surface area (Å²) in [7, 11) is 0. The molecule has 0 saturated carbocycles. The number of hydrogen-bond acceptors (Lipinski definition) is 6. The molecule has 4 N–H and O–H groups in total. The van der Waals surface area contributed by atoms with Gasteiger partial charge in [-0.2, -0.15) is 0 Å². The van der Waals surface area contributed by atoms with E-state index in [-0.39, 0.29) is 6.42 Å². The van der Waals surface area contributed by atoms with Crippen molar-refractivity contribution in [1.29, 1.82) is 0 Å². The summed E-state index contributed by atoms with van der Waals surface area (Å²) < 4.78 is 4.45. The van der Waals surface area contributed by atoms with E-state index in [0.29, 0.717) is 6.42 Å². The maximum atomic E-state index is 11.3. The van der Waals surface area contributed by atoms with Crippen LogP contribution in [0.4, 0.5) is 0 Å². The van der Waals surface area contributed by atoms with Crippen LogP contribution in [0.1, 0.15) is 12.0 Å². The minimum absolute atomic E-state index is 0.0889. The van der Waals surface area contributed by atoms with Crippen molar-refractivity contribution in [3.05, 3.63) is 35.9 Å². The Morgan fingerprint density at radius 1 is 1.05 bits per heavy atom. The second-order valence-corrected chi connectivity index (χ2v) is 4.14. The fourth-order valence-electron chi connectivity index (χ4n) is 1.46. The van der Waals surface area contributed by atoms with Crippen molar-refractivity contribution in [1.82, 2.24) is 0 Å². The van der Waals surface area contributed by atoms with Crippen LogP contribution >= 0.6 is 0 Å². The molecule has 7 heteroatoms. The largest absolute Gasteiger partial charge is 0.479 e. The zero-order valence-electron chi connectivity index (χ0n) is 10.5. The number of carbonyl (C=O) groups excluding carboxylic acids is 1. The lowest BCUT2D eigenvalue weighted by Gasteiger charge is -2.16. The SMILES string of the molecule is O=C(O)C(O)C(O)C(=O)OC(O)CCc1ccccc1. The van der Waals surface area contributed by atoms with Gasteiger partial charge in [0.25, 0.3) is 0 Å². The molecular formula is C13H16O7. The number of esters is 1. The van der Waals surface area contributed by atoms with Crippen molar-refractivity contribution >= 4 is 11.9 Å². The number of benzene rings is 1. The summed E-state index contributed by atoms with van der Waals surface area (Å²) in [6.07, 6.45) is -5.49. The van der Waals surface area contributed by atoms with E-state index in [0.717, 1.165) is 5.56 Å². The van der Waals surface area contributed by atoms with Gasteiger partial charge in [-0.05, 0) is 12.0 Å². The first-order valence-corrected chi connectivity index (χ1v) is 5.93. The lowest BCUT2D eigenvalue weighted by Crippen LogP contribution is -2.41. The summed E-state index contributed by atoms with van der Waals surface area (Å²) in [5.41, 5.74) is 0.925. The highest BCUT2D eigenvalue weighted by atomic mass is 16.6. The van der Waals surface area contributed by atoms with Gasteiger partial charge in [0.2, 0.25) is 6.29 Å². The average molecular weight is 284 g/mol. The molecule has 0 aromatic heterocycles. The second kappa shape index (κ2) is 7.59. The Bertz CT molecular complexity index is 445. The minimum Gasteiger partial charge on any atom is -0.479 e. The maximum absolute atomic E-state index is 11.3. The predicted molar refractivity (Wildman–Crippen MR) is 66.5 cm³/mol. The molecule has 0 aliphatic heterocycles. The molecule has 0 saturated heterocycles. The Morgan fingerprint density at radius 3 is 2.20 bits per heavy atom. The van der Waals surface area contributed by atoms with E-state index in [2.05, 4.69) is 4.74 Å². The zero-order valence-corrected chi connectivity index (χ0v) is 10.5. The Labute approximate surface area is 115 Å². The molecule has 0 spiro atoms. The summed E-state index contributed by atoms with van der Waals surface area (Å²) in [4.78, 5) is 21.6. The lowest BCUT2D eigenvalue weighted by atomic mass is 10.1. The third-order valence-corrected chi connectivity index (χ3v) is 2.57. The summed E-state index contributed by atoms with van der Waals surface area (Å²) in [6.45, 7) is 0. The van der Waals surface area contributed by atoms with Crippen molar-refractivity contribution in [3.8, 4) is 0 Å². The summed E-state index contributed by atoms with van der Waals surface area (Å²) in [5.74, 6) is -3.14. The smallest absolute Gasteiger partial charge is 0.340 e. The summed E-state index contributed by atoms with van der Waals surface area (Å²) in [6, 6.07) is 9.14. The van der Waals surface area contributed by atoms with Gasteiger partial charge in [-0.3, -0.25) is 0 Å². The van der Waals surface area contributed by atoms with E-state index in [1.165, 1.54) is 0 Å². The van der Waals surface area contributed by atoms with Crippen molar-refractivity contribution in [2.75, 3.05) is 0 Å². The van der Waals surface area contributed by atoms with Gasteiger partial charge >= 0.3 is 11.9 Å². The molecule has 0 radical (unpaired) electrons. The van der Waals surface area contributed by atoms with E-state index in [1.54, 1.807) is 0 Å². The Balaban J connectivity index is 2.40. The van der Waals surface area contributed by atoms with Crippen LogP contribution in [0.3, 0.4) is 0 Å². The minimum atomic E-state index is -2.29. The number of aliphatic hydroxyl groups is 3. The van der Waals surface area contributed by atoms with Crippen molar-refractivity contribution in [2.45, 2.75) is 31.3 Å². The van der Waals surface area contributed by atoms with Crippen LogP contribution in [0.15, 0.2) is 30.3 Å². The number of aliphatic carboxylic acids is 1. The van der Waals surface area contributed by atoms with Gasteiger partial charge in [0, 0.05) is 6.42 Å². The first-order chi connectivity index (χ1) is 9.41. The molecule has 7 nitrogen and oxygen atoms in total. The fourth-order valence-corrected chi connectivity index (χ4v) is 1.46. The summed E-state index contributed by atoms with van der Waals surface area (Å²) in [5, 5.41) is 36.0. The van der Waals surface area contributed by atoms with Gasteiger partial charge in [0.1, 0.15) is 0 Å². The standard InChI is InChI=1S/C13H16O7/c14-9(7-6-8-4-2-1-3-5-8)20-13(19)11(16)10(15)12(17)18/h1-5,9-11,14-16H,6-7H2,(H,17,18). The van der Waals surface area contributed by atoms with Crippen LogP contribution in [0.5, 0.6) is 0 Å². The number of carboxylic acids is 1. The molecule has 0 heterocycles. The first-order valence-electron chi connectivity index (χ1n) is 5.93. The zero-order chi connectivity index (χ0) is 15.1. The highest BCUT2D eigenvalue weighted by Gasteiger charge is 2.32. The van der Waals surface area contributed by atoms with Crippen molar-refractivity contribution in [3.63, 3.8) is 0 Å². The van der Waals surface area contributed by atoms with Crippen LogP contribution in [0, 0.1) is 0 Å². The van der Waals surface area contributed by atoms with Crippen LogP contribution in [-0.4, -0.2) is 50.9 Å². The Kier molecular flexibility index (Phi) is 6.10. The van der Waals surface area contributed by atoms with Gasteiger partial charge in [0.05, 0.1) is 0 Å². The van der Waals surface area contributed by atoms with E-state index in [9.17, 15) is 19.8 Å². The monoisotopic (exact) mass is 284 g/mol.